The Morgan fingerprint density at radius 1 is 1.73 bits per heavy atom. The molecule has 0 aromatic rings. The summed E-state index contributed by atoms with van der Waals surface area (Å²) in [7, 11) is 1.82. The van der Waals surface area contributed by atoms with Crippen LogP contribution in [0.5, 0.6) is 0 Å². The highest BCUT2D eigenvalue weighted by Gasteiger charge is 2.26. The van der Waals surface area contributed by atoms with Gasteiger partial charge in [0.05, 0.1) is 13.2 Å². The van der Waals surface area contributed by atoms with Crippen LogP contribution in [-0.2, 0) is 4.79 Å². The van der Waals surface area contributed by atoms with Crippen LogP contribution in [-0.4, -0.2) is 42.0 Å². The molecule has 1 heterocycles. The van der Waals surface area contributed by atoms with Gasteiger partial charge in [0.25, 0.3) is 0 Å². The van der Waals surface area contributed by atoms with Gasteiger partial charge in [-0.2, -0.15) is 0 Å². The Morgan fingerprint density at radius 2 is 2.36 bits per heavy atom. The molecule has 1 rings (SSSR count). The van der Waals surface area contributed by atoms with Gasteiger partial charge in [-0.15, -0.1) is 6.58 Å². The Hall–Kier alpha value is -0.830. The third-order valence-corrected chi connectivity index (χ3v) is 2.07. The lowest BCUT2D eigenvalue weighted by Gasteiger charge is -2.18. The monoisotopic (exact) mass is 154 g/mol. The minimum atomic E-state index is 0.193. The van der Waals surface area contributed by atoms with Crippen molar-refractivity contribution in [1.29, 1.82) is 0 Å². The minimum absolute atomic E-state index is 0.193. The predicted molar refractivity (Wildman–Crippen MR) is 44.0 cm³/mol. The summed E-state index contributed by atoms with van der Waals surface area (Å²) in [6, 6.07) is 0.295. The van der Waals surface area contributed by atoms with E-state index in [0.717, 1.165) is 6.67 Å². The number of nitrogens with zero attached hydrogens (tertiary/aromatic N) is 2. The largest absolute Gasteiger partial charge is 0.332 e. The first-order valence-corrected chi connectivity index (χ1v) is 3.75. The summed E-state index contributed by atoms with van der Waals surface area (Å²) < 4.78 is 0. The lowest BCUT2D eigenvalue weighted by Crippen LogP contribution is -2.30. The highest BCUT2D eigenvalue weighted by molar-refractivity contribution is 5.79. The molecule has 1 saturated heterocycles. The zero-order chi connectivity index (χ0) is 8.43. The molecule has 0 radical (unpaired) electrons. The highest BCUT2D eigenvalue weighted by Crippen LogP contribution is 2.08. The second-order valence-corrected chi connectivity index (χ2v) is 2.96. The molecular formula is C8H14N2O. The number of hydrogen-bond acceptors (Lipinski definition) is 2. The van der Waals surface area contributed by atoms with E-state index in [4.69, 9.17) is 0 Å². The van der Waals surface area contributed by atoms with E-state index in [2.05, 4.69) is 11.5 Å². The predicted octanol–water partition coefficient (Wildman–Crippen LogP) is 0.292. The van der Waals surface area contributed by atoms with Gasteiger partial charge in [-0.25, -0.2) is 0 Å². The van der Waals surface area contributed by atoms with Gasteiger partial charge < -0.3 is 4.90 Å². The fourth-order valence-corrected chi connectivity index (χ4v) is 1.12. The molecule has 0 aromatic heterocycles. The van der Waals surface area contributed by atoms with Crippen molar-refractivity contribution in [2.24, 2.45) is 0 Å². The highest BCUT2D eigenvalue weighted by atomic mass is 16.2. The number of carbonyl (C=O) groups excluding carboxylic acids is 1. The van der Waals surface area contributed by atoms with Crippen LogP contribution in [0.3, 0.4) is 0 Å². The van der Waals surface area contributed by atoms with E-state index in [9.17, 15) is 4.79 Å². The molecular weight excluding hydrogens is 140 g/mol. The van der Waals surface area contributed by atoms with Crippen molar-refractivity contribution in [3.8, 4) is 0 Å². The van der Waals surface area contributed by atoms with E-state index in [1.807, 2.05) is 20.0 Å². The maximum atomic E-state index is 11.1. The first-order valence-electron chi connectivity index (χ1n) is 3.75. The maximum Gasteiger partial charge on any atom is 0.237 e. The van der Waals surface area contributed by atoms with E-state index >= 15 is 0 Å². The van der Waals surface area contributed by atoms with Gasteiger partial charge in [0.15, 0.2) is 0 Å². The number of amides is 1. The molecule has 0 aliphatic carbocycles. The molecule has 0 aromatic carbocycles. The van der Waals surface area contributed by atoms with E-state index in [0.29, 0.717) is 12.6 Å². The summed E-state index contributed by atoms with van der Waals surface area (Å²) in [5.41, 5.74) is 0. The van der Waals surface area contributed by atoms with E-state index < -0.39 is 0 Å². The number of likely N-dealkylation sites (N-methyl/N-ethyl adjacent to an activating group) is 1. The van der Waals surface area contributed by atoms with Crippen LogP contribution >= 0.6 is 0 Å². The van der Waals surface area contributed by atoms with Crippen LogP contribution in [0.2, 0.25) is 0 Å². The number of rotatable bonds is 2. The average Bonchev–Trinajstić information content (AvgIpc) is 2.31. The molecule has 3 nitrogen and oxygen atoms in total. The zero-order valence-corrected chi connectivity index (χ0v) is 7.08. The average molecular weight is 154 g/mol. The molecule has 0 N–H and O–H groups in total. The first-order chi connectivity index (χ1) is 5.15. The SMILES string of the molecule is C=CC(C)N1CC(=O)N(C)C1. The summed E-state index contributed by atoms with van der Waals surface area (Å²) in [4.78, 5) is 14.9. The van der Waals surface area contributed by atoms with Crippen molar-refractivity contribution >= 4 is 5.91 Å². The van der Waals surface area contributed by atoms with Crippen molar-refractivity contribution in [2.75, 3.05) is 20.3 Å². The van der Waals surface area contributed by atoms with Crippen LogP contribution < -0.4 is 0 Å². The minimum Gasteiger partial charge on any atom is -0.332 e. The van der Waals surface area contributed by atoms with Gasteiger partial charge in [-0.1, -0.05) is 6.08 Å². The first kappa shape index (κ1) is 8.27. The molecule has 62 valence electrons. The van der Waals surface area contributed by atoms with Gasteiger partial charge in [0.2, 0.25) is 5.91 Å². The van der Waals surface area contributed by atoms with Crippen molar-refractivity contribution in [2.45, 2.75) is 13.0 Å². The second kappa shape index (κ2) is 3.05. The van der Waals surface area contributed by atoms with Crippen LogP contribution in [0.1, 0.15) is 6.92 Å². The summed E-state index contributed by atoms with van der Waals surface area (Å²) in [5.74, 6) is 0.193. The fourth-order valence-electron chi connectivity index (χ4n) is 1.12. The topological polar surface area (TPSA) is 23.6 Å². The van der Waals surface area contributed by atoms with Gasteiger partial charge >= 0.3 is 0 Å². The third kappa shape index (κ3) is 1.60. The summed E-state index contributed by atoms with van der Waals surface area (Å²) in [6.45, 7) is 6.98. The van der Waals surface area contributed by atoms with E-state index in [-0.39, 0.29) is 5.91 Å². The second-order valence-electron chi connectivity index (χ2n) is 2.96. The van der Waals surface area contributed by atoms with Crippen LogP contribution in [0.25, 0.3) is 0 Å². The molecule has 1 unspecified atom stereocenters. The smallest absolute Gasteiger partial charge is 0.237 e. The maximum absolute atomic E-state index is 11.1. The van der Waals surface area contributed by atoms with Crippen molar-refractivity contribution < 1.29 is 4.79 Å². The van der Waals surface area contributed by atoms with Crippen molar-refractivity contribution in [3.05, 3.63) is 12.7 Å². The molecule has 1 aliphatic heterocycles. The normalized spacial score (nSPS) is 22.4. The molecule has 3 heteroatoms. The van der Waals surface area contributed by atoms with Gasteiger partial charge in [-0.3, -0.25) is 9.69 Å². The lowest BCUT2D eigenvalue weighted by molar-refractivity contribution is -0.125. The van der Waals surface area contributed by atoms with E-state index in [1.165, 1.54) is 0 Å². The molecule has 0 bridgehead atoms. The van der Waals surface area contributed by atoms with Crippen LogP contribution in [0, 0.1) is 0 Å². The lowest BCUT2D eigenvalue weighted by atomic mass is 10.3. The summed E-state index contributed by atoms with van der Waals surface area (Å²) >= 11 is 0. The molecule has 0 saturated carbocycles. The Labute approximate surface area is 67.3 Å². The molecule has 11 heavy (non-hydrogen) atoms. The third-order valence-electron chi connectivity index (χ3n) is 2.07. The molecule has 1 amide bonds. The van der Waals surface area contributed by atoms with Gasteiger partial charge in [0, 0.05) is 13.1 Å². The quantitative estimate of drug-likeness (QED) is 0.534. The van der Waals surface area contributed by atoms with Crippen molar-refractivity contribution in [1.82, 2.24) is 9.80 Å². The van der Waals surface area contributed by atoms with E-state index in [1.54, 1.807) is 4.90 Å². The number of hydrogen-bond donors (Lipinski definition) is 0. The number of carbonyl (C=O) groups is 1. The van der Waals surface area contributed by atoms with Crippen LogP contribution in [0.15, 0.2) is 12.7 Å². The summed E-state index contributed by atoms with van der Waals surface area (Å²) in [6.07, 6.45) is 1.85. The van der Waals surface area contributed by atoms with Crippen LogP contribution in [0.4, 0.5) is 0 Å². The molecule has 1 atom stereocenters. The molecule has 1 fully saturated rings. The molecule has 1 aliphatic rings. The van der Waals surface area contributed by atoms with Gasteiger partial charge in [-0.05, 0) is 6.92 Å². The Kier molecular flexibility index (Phi) is 2.29. The zero-order valence-electron chi connectivity index (χ0n) is 7.08. The van der Waals surface area contributed by atoms with Crippen molar-refractivity contribution in [3.63, 3.8) is 0 Å². The molecule has 0 spiro atoms. The Bertz CT molecular complexity index is 179. The van der Waals surface area contributed by atoms with Gasteiger partial charge in [0.1, 0.15) is 0 Å². The Morgan fingerprint density at radius 3 is 2.73 bits per heavy atom. The fraction of sp³-hybridized carbons (Fsp3) is 0.625. The standard InChI is InChI=1S/C8H14N2O/c1-4-7(2)10-5-8(11)9(3)6-10/h4,7H,1,5-6H2,2-3H3. The Balaban J connectivity index is 2.53. The summed E-state index contributed by atoms with van der Waals surface area (Å²) in [5, 5.41) is 0.